The van der Waals surface area contributed by atoms with Crippen molar-refractivity contribution in [2.45, 2.75) is 31.6 Å². The topological polar surface area (TPSA) is 58.6 Å². The van der Waals surface area contributed by atoms with Crippen molar-refractivity contribution in [1.82, 2.24) is 9.62 Å². The Hall–Kier alpha value is -0.890. The molecule has 1 heterocycles. The summed E-state index contributed by atoms with van der Waals surface area (Å²) in [4.78, 5) is 0.0286. The highest BCUT2D eigenvalue weighted by molar-refractivity contribution is 7.89. The number of methoxy groups -OCH3 is 1. The van der Waals surface area contributed by atoms with Crippen molar-refractivity contribution in [3.63, 3.8) is 0 Å². The average Bonchev–Trinajstić information content (AvgIpc) is 2.55. The molecule has 1 aliphatic rings. The second-order valence-corrected chi connectivity index (χ2v) is 7.77. The maximum Gasteiger partial charge on any atom is 0.243 e. The number of nitrogens with zero attached hydrogens (tertiary/aromatic N) is 1. The van der Waals surface area contributed by atoms with Crippen molar-refractivity contribution >= 4 is 22.4 Å². The Labute approximate surface area is 150 Å². The number of hydrogen-bond acceptors (Lipinski definition) is 4. The van der Waals surface area contributed by atoms with E-state index in [2.05, 4.69) is 12.2 Å². The molecule has 0 bridgehead atoms. The lowest BCUT2D eigenvalue weighted by Crippen LogP contribution is -2.41. The van der Waals surface area contributed by atoms with Crippen LogP contribution in [0.3, 0.4) is 0 Å². The van der Waals surface area contributed by atoms with Gasteiger partial charge in [-0.05, 0) is 50.9 Å². The number of nitrogens with one attached hydrogen (secondary N) is 1. The van der Waals surface area contributed by atoms with Crippen LogP contribution in [-0.2, 0) is 10.0 Å². The van der Waals surface area contributed by atoms with E-state index in [-0.39, 0.29) is 28.6 Å². The van der Waals surface area contributed by atoms with Gasteiger partial charge in [0, 0.05) is 18.7 Å². The SMILES string of the molecule is CCNCC1CCN(S(=O)(=O)c2ccc(OC)c(F)c2C)CC1.Cl. The zero-order chi connectivity index (χ0) is 17.0. The molecule has 0 radical (unpaired) electrons. The fourth-order valence-corrected chi connectivity index (χ4v) is 4.61. The molecule has 2 rings (SSSR count). The second kappa shape index (κ2) is 8.99. The van der Waals surface area contributed by atoms with Crippen LogP contribution in [0.25, 0.3) is 0 Å². The Morgan fingerprint density at radius 1 is 1.33 bits per heavy atom. The molecule has 0 atom stereocenters. The third kappa shape index (κ3) is 4.39. The van der Waals surface area contributed by atoms with E-state index in [4.69, 9.17) is 4.74 Å². The minimum absolute atomic E-state index is 0. The first kappa shape index (κ1) is 21.2. The number of ether oxygens (including phenoxy) is 1. The Kier molecular flexibility index (Phi) is 7.92. The number of hydrogen-bond donors (Lipinski definition) is 1. The molecular weight excluding hydrogens is 355 g/mol. The Balaban J connectivity index is 0.00000288. The fourth-order valence-electron chi connectivity index (χ4n) is 2.92. The zero-order valence-corrected chi connectivity index (χ0v) is 16.0. The number of halogens is 2. The lowest BCUT2D eigenvalue weighted by molar-refractivity contribution is 0.268. The molecule has 138 valence electrons. The average molecular weight is 381 g/mol. The van der Waals surface area contributed by atoms with Crippen LogP contribution in [0, 0.1) is 18.7 Å². The Morgan fingerprint density at radius 2 is 1.96 bits per heavy atom. The molecule has 1 fully saturated rings. The van der Waals surface area contributed by atoms with Crippen molar-refractivity contribution in [3.05, 3.63) is 23.5 Å². The first-order valence-corrected chi connectivity index (χ1v) is 9.39. The number of piperidine rings is 1. The van der Waals surface area contributed by atoms with E-state index in [1.807, 2.05) is 0 Å². The molecule has 1 saturated heterocycles. The van der Waals surface area contributed by atoms with Gasteiger partial charge in [0.25, 0.3) is 0 Å². The summed E-state index contributed by atoms with van der Waals surface area (Å²) in [6.45, 7) is 6.32. The van der Waals surface area contributed by atoms with Crippen molar-refractivity contribution in [1.29, 1.82) is 0 Å². The van der Waals surface area contributed by atoms with Gasteiger partial charge in [-0.1, -0.05) is 6.92 Å². The van der Waals surface area contributed by atoms with Gasteiger partial charge in [-0.2, -0.15) is 4.31 Å². The van der Waals surface area contributed by atoms with E-state index in [0.29, 0.717) is 19.0 Å². The van der Waals surface area contributed by atoms with Crippen molar-refractivity contribution < 1.29 is 17.5 Å². The van der Waals surface area contributed by atoms with Gasteiger partial charge in [0.1, 0.15) is 0 Å². The van der Waals surface area contributed by atoms with Gasteiger partial charge >= 0.3 is 0 Å². The maximum atomic E-state index is 14.1. The Morgan fingerprint density at radius 3 is 2.50 bits per heavy atom. The smallest absolute Gasteiger partial charge is 0.243 e. The van der Waals surface area contributed by atoms with Gasteiger partial charge in [-0.15, -0.1) is 12.4 Å². The summed E-state index contributed by atoms with van der Waals surface area (Å²) in [5, 5.41) is 3.30. The Bertz CT molecular complexity index is 647. The summed E-state index contributed by atoms with van der Waals surface area (Å²) in [5.41, 5.74) is 0.110. The van der Waals surface area contributed by atoms with Gasteiger partial charge < -0.3 is 10.1 Å². The van der Waals surface area contributed by atoms with Gasteiger partial charge in [0.15, 0.2) is 11.6 Å². The third-order valence-corrected chi connectivity index (χ3v) is 6.44. The van der Waals surface area contributed by atoms with Crippen molar-refractivity contribution in [3.8, 4) is 5.75 Å². The van der Waals surface area contributed by atoms with E-state index >= 15 is 0 Å². The molecule has 1 aromatic rings. The monoisotopic (exact) mass is 380 g/mol. The quantitative estimate of drug-likeness (QED) is 0.824. The van der Waals surface area contributed by atoms with E-state index in [9.17, 15) is 12.8 Å². The molecule has 0 unspecified atom stereocenters. The summed E-state index contributed by atoms with van der Waals surface area (Å²) in [5.74, 6) is -0.0588. The van der Waals surface area contributed by atoms with Crippen LogP contribution in [0.5, 0.6) is 5.75 Å². The molecule has 0 aliphatic carbocycles. The molecule has 1 aromatic carbocycles. The van der Waals surface area contributed by atoms with Crippen LogP contribution in [0.15, 0.2) is 17.0 Å². The van der Waals surface area contributed by atoms with Crippen LogP contribution < -0.4 is 10.1 Å². The highest BCUT2D eigenvalue weighted by Crippen LogP contribution is 2.30. The van der Waals surface area contributed by atoms with E-state index in [1.165, 1.54) is 30.5 Å². The third-order valence-electron chi connectivity index (χ3n) is 4.40. The number of rotatable bonds is 6. The lowest BCUT2D eigenvalue weighted by atomic mass is 9.98. The molecule has 24 heavy (non-hydrogen) atoms. The fraction of sp³-hybridized carbons (Fsp3) is 0.625. The van der Waals surface area contributed by atoms with Crippen LogP contribution in [0.1, 0.15) is 25.3 Å². The number of benzene rings is 1. The molecule has 0 amide bonds. The first-order chi connectivity index (χ1) is 10.9. The normalized spacial score (nSPS) is 16.7. The number of sulfonamides is 1. The molecule has 5 nitrogen and oxygen atoms in total. The maximum absolute atomic E-state index is 14.1. The molecule has 0 spiro atoms. The highest BCUT2D eigenvalue weighted by atomic mass is 35.5. The van der Waals surface area contributed by atoms with Crippen LogP contribution in [-0.4, -0.2) is 46.0 Å². The summed E-state index contributed by atoms with van der Waals surface area (Å²) in [6.07, 6.45) is 1.65. The van der Waals surface area contributed by atoms with Crippen LogP contribution in [0.2, 0.25) is 0 Å². The summed E-state index contributed by atoms with van der Waals surface area (Å²) >= 11 is 0. The van der Waals surface area contributed by atoms with Crippen LogP contribution in [0.4, 0.5) is 4.39 Å². The van der Waals surface area contributed by atoms with Crippen LogP contribution >= 0.6 is 12.4 Å². The second-order valence-electron chi connectivity index (χ2n) is 5.86. The standard InChI is InChI=1S/C16H25FN2O3S.ClH/c1-4-18-11-13-7-9-19(10-8-13)23(20,21)15-6-5-14(22-3)16(17)12(15)2;/h5-6,13,18H,4,7-11H2,1-3H3;1H. The minimum atomic E-state index is -3.67. The molecule has 1 N–H and O–H groups in total. The highest BCUT2D eigenvalue weighted by Gasteiger charge is 2.31. The minimum Gasteiger partial charge on any atom is -0.494 e. The molecule has 0 saturated carbocycles. The van der Waals surface area contributed by atoms with Gasteiger partial charge in [0.2, 0.25) is 10.0 Å². The van der Waals surface area contributed by atoms with Crippen molar-refractivity contribution in [2.75, 3.05) is 33.3 Å². The van der Waals surface area contributed by atoms with E-state index in [0.717, 1.165) is 25.9 Å². The van der Waals surface area contributed by atoms with E-state index in [1.54, 1.807) is 0 Å². The van der Waals surface area contributed by atoms with Crippen molar-refractivity contribution in [2.24, 2.45) is 5.92 Å². The molecule has 1 aliphatic heterocycles. The molecule has 0 aromatic heterocycles. The van der Waals surface area contributed by atoms with E-state index < -0.39 is 15.8 Å². The largest absolute Gasteiger partial charge is 0.494 e. The van der Waals surface area contributed by atoms with Gasteiger partial charge in [-0.25, -0.2) is 12.8 Å². The molecule has 8 heteroatoms. The van der Waals surface area contributed by atoms with Gasteiger partial charge in [0.05, 0.1) is 12.0 Å². The molecular formula is C16H26ClFN2O3S. The summed E-state index contributed by atoms with van der Waals surface area (Å²) in [7, 11) is -2.30. The zero-order valence-electron chi connectivity index (χ0n) is 14.3. The summed E-state index contributed by atoms with van der Waals surface area (Å²) in [6, 6.07) is 2.80. The predicted molar refractivity (Wildman–Crippen MR) is 95.0 cm³/mol. The van der Waals surface area contributed by atoms with Gasteiger partial charge in [-0.3, -0.25) is 0 Å². The summed E-state index contributed by atoms with van der Waals surface area (Å²) < 4.78 is 46.1. The first-order valence-electron chi connectivity index (χ1n) is 7.95. The predicted octanol–water partition coefficient (Wildman–Crippen LogP) is 2.57. The lowest BCUT2D eigenvalue weighted by Gasteiger charge is -2.31.